The number of urea groups is 1. The van der Waals surface area contributed by atoms with Crippen LogP contribution in [0.1, 0.15) is 30.5 Å². The molecular weight excluding hydrogens is 302 g/mol. The largest absolute Gasteiger partial charge is 0.334 e. The lowest BCUT2D eigenvalue weighted by atomic mass is 9.98. The summed E-state index contributed by atoms with van der Waals surface area (Å²) in [5.74, 6) is 0.551. The number of rotatable bonds is 5. The Morgan fingerprint density at radius 2 is 1.83 bits per heavy atom. The summed E-state index contributed by atoms with van der Waals surface area (Å²) in [4.78, 5) is 24.3. The van der Waals surface area contributed by atoms with Gasteiger partial charge in [-0.1, -0.05) is 38.1 Å². The summed E-state index contributed by atoms with van der Waals surface area (Å²) in [5, 5.41) is 5.50. The van der Waals surface area contributed by atoms with Gasteiger partial charge >= 0.3 is 6.03 Å². The molecule has 0 aliphatic rings. The molecule has 2 N–H and O–H groups in total. The van der Waals surface area contributed by atoms with Crippen LogP contribution in [-0.2, 0) is 20.0 Å². The Labute approximate surface area is 142 Å². The number of nitrogens with one attached hydrogen (secondary N) is 2. The van der Waals surface area contributed by atoms with Crippen molar-refractivity contribution >= 4 is 11.7 Å². The molecule has 0 bridgehead atoms. The first-order valence-electron chi connectivity index (χ1n) is 8.16. The van der Waals surface area contributed by atoms with Crippen molar-refractivity contribution in [1.82, 2.24) is 9.88 Å². The van der Waals surface area contributed by atoms with Gasteiger partial charge in [0.1, 0.15) is 5.69 Å². The number of hydrogen-bond acceptors (Lipinski definition) is 2. The van der Waals surface area contributed by atoms with Gasteiger partial charge in [0.25, 0.3) is 5.56 Å². The number of carbonyl (C=O) groups excluding carboxylic acids is 1. The molecule has 1 heterocycles. The molecule has 1 aromatic carbocycles. The molecule has 0 fully saturated rings. The maximum atomic E-state index is 12.2. The maximum absolute atomic E-state index is 12.2. The second kappa shape index (κ2) is 7.81. The molecule has 2 aromatic rings. The minimum absolute atomic E-state index is 0.217. The van der Waals surface area contributed by atoms with Gasteiger partial charge in [0.2, 0.25) is 0 Å². The molecule has 0 radical (unpaired) electrons. The highest BCUT2D eigenvalue weighted by Gasteiger charge is 2.10. The minimum Gasteiger partial charge on any atom is -0.334 e. The zero-order valence-electron chi connectivity index (χ0n) is 14.7. The fraction of sp³-hybridized carbons (Fsp3) is 0.368. The summed E-state index contributed by atoms with van der Waals surface area (Å²) in [5.41, 5.74) is 3.17. The zero-order valence-corrected chi connectivity index (χ0v) is 14.7. The van der Waals surface area contributed by atoms with Crippen molar-refractivity contribution in [2.75, 3.05) is 5.32 Å². The third kappa shape index (κ3) is 4.47. The van der Waals surface area contributed by atoms with Crippen LogP contribution in [0, 0.1) is 12.8 Å². The highest BCUT2D eigenvalue weighted by atomic mass is 16.2. The lowest BCUT2D eigenvalue weighted by Gasteiger charge is -2.13. The summed E-state index contributed by atoms with van der Waals surface area (Å²) in [7, 11) is 1.66. The molecule has 24 heavy (non-hydrogen) atoms. The molecule has 0 aliphatic carbocycles. The van der Waals surface area contributed by atoms with Gasteiger partial charge in [0.05, 0.1) is 0 Å². The lowest BCUT2D eigenvalue weighted by Crippen LogP contribution is -2.32. The molecule has 0 unspecified atom stereocenters. The van der Waals surface area contributed by atoms with Gasteiger partial charge in [0, 0.05) is 19.8 Å². The molecule has 0 saturated carbocycles. The number of amides is 2. The summed E-state index contributed by atoms with van der Waals surface area (Å²) in [6, 6.07) is 9.51. The molecule has 5 nitrogen and oxygen atoms in total. The molecule has 0 aliphatic heterocycles. The molecule has 0 atom stereocenters. The van der Waals surface area contributed by atoms with E-state index in [1.807, 2.05) is 18.2 Å². The van der Waals surface area contributed by atoms with Gasteiger partial charge < -0.3 is 15.2 Å². The van der Waals surface area contributed by atoms with Crippen molar-refractivity contribution < 1.29 is 4.79 Å². The van der Waals surface area contributed by atoms with E-state index in [2.05, 4.69) is 30.5 Å². The van der Waals surface area contributed by atoms with E-state index in [0.29, 0.717) is 18.2 Å². The molecule has 5 heteroatoms. The standard InChI is InChI=1S/C19H25N3O2/c1-13(2)11-15-7-5-6-8-16(15)12-20-19(24)21-17-14(3)9-10-22(4)18(17)23/h5-10,13H,11-12H2,1-4H3,(H2,20,21,24). The fourth-order valence-electron chi connectivity index (χ4n) is 2.57. The smallest absolute Gasteiger partial charge is 0.319 e. The number of carbonyl (C=O) groups is 1. The number of aromatic nitrogens is 1. The Hall–Kier alpha value is -2.56. The number of anilines is 1. The lowest BCUT2D eigenvalue weighted by molar-refractivity contribution is 0.251. The predicted molar refractivity (Wildman–Crippen MR) is 97.3 cm³/mol. The Kier molecular flexibility index (Phi) is 5.79. The predicted octanol–water partition coefficient (Wildman–Crippen LogP) is 3.21. The number of benzene rings is 1. The van der Waals surface area contributed by atoms with Crippen molar-refractivity contribution in [3.05, 3.63) is 63.6 Å². The topological polar surface area (TPSA) is 63.1 Å². The van der Waals surface area contributed by atoms with E-state index >= 15 is 0 Å². The van der Waals surface area contributed by atoms with E-state index in [-0.39, 0.29) is 11.6 Å². The Morgan fingerprint density at radius 1 is 1.17 bits per heavy atom. The van der Waals surface area contributed by atoms with E-state index in [4.69, 9.17) is 0 Å². The van der Waals surface area contributed by atoms with Crippen LogP contribution in [-0.4, -0.2) is 10.6 Å². The highest BCUT2D eigenvalue weighted by molar-refractivity contribution is 5.89. The molecule has 2 amide bonds. The van der Waals surface area contributed by atoms with Crippen LogP contribution < -0.4 is 16.2 Å². The van der Waals surface area contributed by atoms with E-state index < -0.39 is 0 Å². The first-order chi connectivity index (χ1) is 11.4. The molecule has 0 spiro atoms. The number of pyridine rings is 1. The number of hydrogen-bond donors (Lipinski definition) is 2. The van der Waals surface area contributed by atoms with E-state index in [0.717, 1.165) is 17.5 Å². The molecule has 2 rings (SSSR count). The second-order valence-corrected chi connectivity index (χ2v) is 6.46. The van der Waals surface area contributed by atoms with Crippen molar-refractivity contribution in [2.45, 2.75) is 33.7 Å². The van der Waals surface area contributed by atoms with Gasteiger partial charge in [-0.25, -0.2) is 4.79 Å². The van der Waals surface area contributed by atoms with Crippen molar-refractivity contribution in [3.63, 3.8) is 0 Å². The number of aryl methyl sites for hydroxylation is 2. The van der Waals surface area contributed by atoms with E-state index in [9.17, 15) is 9.59 Å². The average molecular weight is 327 g/mol. The minimum atomic E-state index is -0.374. The van der Waals surface area contributed by atoms with Crippen molar-refractivity contribution in [2.24, 2.45) is 13.0 Å². The molecule has 0 saturated heterocycles. The highest BCUT2D eigenvalue weighted by Crippen LogP contribution is 2.14. The van der Waals surface area contributed by atoms with Crippen LogP contribution in [0.2, 0.25) is 0 Å². The second-order valence-electron chi connectivity index (χ2n) is 6.46. The quantitative estimate of drug-likeness (QED) is 0.886. The fourth-order valence-corrected chi connectivity index (χ4v) is 2.57. The van der Waals surface area contributed by atoms with E-state index in [1.165, 1.54) is 10.1 Å². The van der Waals surface area contributed by atoms with Crippen LogP contribution in [0.25, 0.3) is 0 Å². The van der Waals surface area contributed by atoms with Gasteiger partial charge in [-0.05, 0) is 42.0 Å². The summed E-state index contributed by atoms with van der Waals surface area (Å²) >= 11 is 0. The normalized spacial score (nSPS) is 10.7. The first kappa shape index (κ1) is 17.8. The first-order valence-corrected chi connectivity index (χ1v) is 8.16. The van der Waals surface area contributed by atoms with Gasteiger partial charge in [0.15, 0.2) is 0 Å². The molecule has 128 valence electrons. The van der Waals surface area contributed by atoms with Gasteiger partial charge in [-0.2, -0.15) is 0 Å². The van der Waals surface area contributed by atoms with Gasteiger partial charge in [-0.15, -0.1) is 0 Å². The number of nitrogens with zero attached hydrogens (tertiary/aromatic N) is 1. The maximum Gasteiger partial charge on any atom is 0.319 e. The zero-order chi connectivity index (χ0) is 17.7. The van der Waals surface area contributed by atoms with Gasteiger partial charge in [-0.3, -0.25) is 4.79 Å². The molecular formula is C19H25N3O2. The third-order valence-corrected chi connectivity index (χ3v) is 3.90. The molecule has 1 aromatic heterocycles. The summed E-state index contributed by atoms with van der Waals surface area (Å²) < 4.78 is 1.44. The van der Waals surface area contributed by atoms with Crippen LogP contribution in [0.4, 0.5) is 10.5 Å². The SMILES string of the molecule is Cc1ccn(C)c(=O)c1NC(=O)NCc1ccccc1CC(C)C. The third-order valence-electron chi connectivity index (χ3n) is 3.90. The Balaban J connectivity index is 2.05. The van der Waals surface area contributed by atoms with Crippen LogP contribution >= 0.6 is 0 Å². The van der Waals surface area contributed by atoms with Crippen LogP contribution in [0.5, 0.6) is 0 Å². The summed E-state index contributed by atoms with van der Waals surface area (Å²) in [6.45, 7) is 6.58. The Bertz CT molecular complexity index is 778. The average Bonchev–Trinajstić information content (AvgIpc) is 2.54. The van der Waals surface area contributed by atoms with Crippen molar-refractivity contribution in [1.29, 1.82) is 0 Å². The monoisotopic (exact) mass is 327 g/mol. The Morgan fingerprint density at radius 3 is 2.50 bits per heavy atom. The van der Waals surface area contributed by atoms with Crippen LogP contribution in [0.3, 0.4) is 0 Å². The summed E-state index contributed by atoms with van der Waals surface area (Å²) in [6.07, 6.45) is 2.65. The van der Waals surface area contributed by atoms with E-state index in [1.54, 1.807) is 26.2 Å². The van der Waals surface area contributed by atoms with Crippen LogP contribution in [0.15, 0.2) is 41.3 Å². The van der Waals surface area contributed by atoms with Crippen molar-refractivity contribution in [3.8, 4) is 0 Å².